The van der Waals surface area contributed by atoms with Gasteiger partial charge in [-0.2, -0.15) is 0 Å². The van der Waals surface area contributed by atoms with Gasteiger partial charge in [-0.25, -0.2) is 4.98 Å². The number of benzene rings is 1. The summed E-state index contributed by atoms with van der Waals surface area (Å²) >= 11 is 0. The van der Waals surface area contributed by atoms with E-state index in [1.54, 1.807) is 0 Å². The smallest absolute Gasteiger partial charge is 0.303 e. The van der Waals surface area contributed by atoms with Gasteiger partial charge in [0.2, 0.25) is 0 Å². The molecule has 2 saturated heterocycles. The molecule has 0 radical (unpaired) electrons. The van der Waals surface area contributed by atoms with Gasteiger partial charge in [0.25, 0.3) is 5.56 Å². The summed E-state index contributed by atoms with van der Waals surface area (Å²) in [5.74, 6) is 1.77. The molecule has 0 amide bonds. The molecule has 2 aliphatic heterocycles. The number of piperidine rings is 2. The molecule has 5 unspecified atom stereocenters. The maximum atomic E-state index is 14.2. The molecule has 1 aromatic heterocycles. The molecule has 41 heavy (non-hydrogen) atoms. The molecule has 2 saturated carbocycles. The highest BCUT2D eigenvalue weighted by molar-refractivity contribution is 6.00. The van der Waals surface area contributed by atoms with Gasteiger partial charge in [0, 0.05) is 30.6 Å². The molecule has 222 valence electrons. The molecule has 4 fully saturated rings. The minimum Gasteiger partial charge on any atom is -0.481 e. The second kappa shape index (κ2) is 12.2. The number of carboxylic acid groups (broad SMARTS) is 1. The lowest BCUT2D eigenvalue weighted by Crippen LogP contribution is -2.59. The number of fused-ring (bicyclic) bond motifs is 5. The van der Waals surface area contributed by atoms with E-state index in [2.05, 4.69) is 17.0 Å². The van der Waals surface area contributed by atoms with Crippen molar-refractivity contribution in [2.24, 2.45) is 22.9 Å². The summed E-state index contributed by atoms with van der Waals surface area (Å²) in [4.78, 5) is 38.6. The highest BCUT2D eigenvalue weighted by atomic mass is 16.6. The summed E-state index contributed by atoms with van der Waals surface area (Å²) in [5, 5.41) is 13.5. The molecule has 6 atom stereocenters. The fourth-order valence-electron chi connectivity index (χ4n) is 9.01. The fraction of sp³-hybridized carbons (Fsp3) is 0.697. The number of rotatable bonds is 9. The first-order valence-electron chi connectivity index (χ1n) is 16.1. The summed E-state index contributed by atoms with van der Waals surface area (Å²) in [5.41, 5.74) is 1.94. The molecular formula is C33H46N4O4. The van der Waals surface area contributed by atoms with Crippen molar-refractivity contribution >= 4 is 22.7 Å². The predicted octanol–water partition coefficient (Wildman–Crippen LogP) is 6.16. The van der Waals surface area contributed by atoms with E-state index in [0.29, 0.717) is 30.4 Å². The lowest BCUT2D eigenvalue weighted by atomic mass is 9.64. The predicted molar refractivity (Wildman–Crippen MR) is 160 cm³/mol. The van der Waals surface area contributed by atoms with Crippen LogP contribution in [-0.4, -0.2) is 56.0 Å². The van der Waals surface area contributed by atoms with Crippen LogP contribution in [0.3, 0.4) is 0 Å². The van der Waals surface area contributed by atoms with Gasteiger partial charge in [-0.1, -0.05) is 37.1 Å². The molecule has 4 bridgehead atoms. The first-order valence-corrected chi connectivity index (χ1v) is 16.1. The van der Waals surface area contributed by atoms with E-state index in [9.17, 15) is 14.7 Å². The zero-order valence-electron chi connectivity index (χ0n) is 24.7. The highest BCUT2D eigenvalue weighted by Gasteiger charge is 2.46. The Balaban J connectivity index is 1.32. The molecule has 8 nitrogen and oxygen atoms in total. The number of nitrogens with zero attached hydrogens (tertiary/aromatic N) is 4. The molecule has 8 heteroatoms. The molecule has 6 rings (SSSR count). The van der Waals surface area contributed by atoms with Gasteiger partial charge in [-0.3, -0.25) is 14.5 Å². The first-order chi connectivity index (χ1) is 19.9. The Bertz CT molecular complexity index is 1310. The molecule has 1 aromatic carbocycles. The summed E-state index contributed by atoms with van der Waals surface area (Å²) in [6.07, 6.45) is 13.9. The number of oxime groups is 1. The van der Waals surface area contributed by atoms with Crippen LogP contribution >= 0.6 is 0 Å². The van der Waals surface area contributed by atoms with Crippen molar-refractivity contribution in [1.82, 2.24) is 14.5 Å². The molecule has 3 heterocycles. The van der Waals surface area contributed by atoms with Crippen LogP contribution in [0.2, 0.25) is 0 Å². The van der Waals surface area contributed by atoms with E-state index < -0.39 is 5.97 Å². The zero-order valence-corrected chi connectivity index (χ0v) is 24.7. The molecule has 4 aliphatic rings. The van der Waals surface area contributed by atoms with Crippen molar-refractivity contribution in [3.05, 3.63) is 40.3 Å². The Labute approximate surface area is 243 Å². The fourth-order valence-corrected chi connectivity index (χ4v) is 9.01. The lowest BCUT2D eigenvalue weighted by molar-refractivity contribution is -0.136. The average molecular weight is 563 g/mol. The van der Waals surface area contributed by atoms with Crippen molar-refractivity contribution in [3.8, 4) is 0 Å². The van der Waals surface area contributed by atoms with Crippen LogP contribution < -0.4 is 5.56 Å². The number of hydrogen-bond acceptors (Lipinski definition) is 6. The van der Waals surface area contributed by atoms with Crippen molar-refractivity contribution in [2.45, 2.75) is 121 Å². The van der Waals surface area contributed by atoms with Gasteiger partial charge in [-0.05, 0) is 94.6 Å². The number of aliphatic carboxylic acids is 1. The third-order valence-corrected chi connectivity index (χ3v) is 10.5. The van der Waals surface area contributed by atoms with E-state index in [4.69, 9.17) is 9.82 Å². The van der Waals surface area contributed by atoms with Crippen LogP contribution in [0.15, 0.2) is 34.2 Å². The number of para-hydroxylation sites is 2. The molecular weight excluding hydrogens is 516 g/mol. The zero-order chi connectivity index (χ0) is 28.5. The normalized spacial score (nSPS) is 32.1. The van der Waals surface area contributed by atoms with E-state index in [1.807, 2.05) is 35.8 Å². The number of carboxylic acids is 1. The average Bonchev–Trinajstić information content (AvgIpc) is 2.96. The highest BCUT2D eigenvalue weighted by Crippen LogP contribution is 2.49. The van der Waals surface area contributed by atoms with Gasteiger partial charge < -0.3 is 14.5 Å². The summed E-state index contributed by atoms with van der Waals surface area (Å²) in [7, 11) is 0. The van der Waals surface area contributed by atoms with E-state index in [0.717, 1.165) is 41.6 Å². The van der Waals surface area contributed by atoms with E-state index >= 15 is 0 Å². The number of aromatic nitrogens is 2. The summed E-state index contributed by atoms with van der Waals surface area (Å²) in [6, 6.07) is 9.62. The topological polar surface area (TPSA) is 97.0 Å². The molecule has 2 aliphatic carbocycles. The second-order valence-electron chi connectivity index (χ2n) is 13.1. The molecule has 1 N–H and O–H groups in total. The van der Waals surface area contributed by atoms with Gasteiger partial charge in [0.1, 0.15) is 12.3 Å². The number of carbonyl (C=O) groups is 1. The monoisotopic (exact) mass is 562 g/mol. The minimum atomic E-state index is -0.937. The maximum Gasteiger partial charge on any atom is 0.303 e. The first kappa shape index (κ1) is 28.4. The molecule has 0 spiro atoms. The summed E-state index contributed by atoms with van der Waals surface area (Å²) < 4.78 is 1.98. The quantitative estimate of drug-likeness (QED) is 0.290. The standard InChI is InChI=1S/C33H46N4O4/c1-3-21-14-22-16-23(15-21)18-26(17-22)36-24-8-7-9-25(36)20-27(19-24)37-30-11-6-5-10-28(30)34-32(33(37)40)29(35-41-4-2)12-13-31(38)39/h5-6,10-11,21-27H,3-4,7-9,12-20H2,1-2H3,(H,38,39)/b35-29+/t21?,22-,23?,24?,25?,26?,27?/m0/s1. The van der Waals surface area contributed by atoms with Crippen molar-refractivity contribution < 1.29 is 14.7 Å². The van der Waals surface area contributed by atoms with Crippen LogP contribution in [0.4, 0.5) is 0 Å². The summed E-state index contributed by atoms with van der Waals surface area (Å²) in [6.45, 7) is 4.52. The van der Waals surface area contributed by atoms with Crippen LogP contribution in [0.5, 0.6) is 0 Å². The lowest BCUT2D eigenvalue weighted by Gasteiger charge is -2.56. The third kappa shape index (κ3) is 5.81. The van der Waals surface area contributed by atoms with Crippen LogP contribution in [0, 0.1) is 17.8 Å². The van der Waals surface area contributed by atoms with Crippen LogP contribution in [-0.2, 0) is 9.63 Å². The maximum absolute atomic E-state index is 14.2. The van der Waals surface area contributed by atoms with Crippen LogP contribution in [0.25, 0.3) is 11.0 Å². The third-order valence-electron chi connectivity index (χ3n) is 10.5. The van der Waals surface area contributed by atoms with Gasteiger partial charge in [0.15, 0.2) is 5.69 Å². The Morgan fingerprint density at radius 2 is 1.66 bits per heavy atom. The Morgan fingerprint density at radius 3 is 2.32 bits per heavy atom. The van der Waals surface area contributed by atoms with Gasteiger partial charge >= 0.3 is 5.97 Å². The largest absolute Gasteiger partial charge is 0.481 e. The Hall–Kier alpha value is -2.74. The van der Waals surface area contributed by atoms with Crippen molar-refractivity contribution in [3.63, 3.8) is 0 Å². The second-order valence-corrected chi connectivity index (χ2v) is 13.1. The number of hydrogen-bond donors (Lipinski definition) is 1. The Morgan fingerprint density at radius 1 is 0.951 bits per heavy atom. The Kier molecular flexibility index (Phi) is 8.47. The van der Waals surface area contributed by atoms with E-state index in [1.165, 1.54) is 57.8 Å². The molecule has 2 aromatic rings. The van der Waals surface area contributed by atoms with Crippen LogP contribution in [0.1, 0.15) is 109 Å². The van der Waals surface area contributed by atoms with E-state index in [-0.39, 0.29) is 30.1 Å². The van der Waals surface area contributed by atoms with Gasteiger partial charge in [-0.15, -0.1) is 0 Å². The minimum absolute atomic E-state index is 0.0843. The SMILES string of the molecule is CCO/N=C(\CCC(=O)O)c1nc2ccccc2n(C2CC3CCCC(C2)N3C2CC3CC(CC)C[C@@H](C3)C2)c1=O. The van der Waals surface area contributed by atoms with Crippen molar-refractivity contribution in [1.29, 1.82) is 0 Å². The van der Waals surface area contributed by atoms with Crippen molar-refractivity contribution in [2.75, 3.05) is 6.61 Å². The van der Waals surface area contributed by atoms with Gasteiger partial charge in [0.05, 0.1) is 17.5 Å².